The predicted octanol–water partition coefficient (Wildman–Crippen LogP) is 3.60. The summed E-state index contributed by atoms with van der Waals surface area (Å²) in [7, 11) is 0. The van der Waals surface area contributed by atoms with Gasteiger partial charge in [0.1, 0.15) is 11.6 Å². The standard InChI is InChI=1S/C22H24F2N4O3/c1-14(29)26-18-7-8-20(24)19(11-18)21(30)28-9-3-4-15(13-28)12-25-22(31)27-17-6-2-5-16(23)10-17/h2,5-8,10-11,15H,3-4,9,12-13H2,1H3,(H,26,29)(H2,25,27,31). The van der Waals surface area contributed by atoms with E-state index in [0.29, 0.717) is 31.0 Å². The lowest BCUT2D eigenvalue weighted by Crippen LogP contribution is -2.44. The summed E-state index contributed by atoms with van der Waals surface area (Å²) in [4.78, 5) is 37.7. The van der Waals surface area contributed by atoms with Gasteiger partial charge < -0.3 is 20.9 Å². The van der Waals surface area contributed by atoms with Crippen molar-refractivity contribution < 1.29 is 23.2 Å². The fraction of sp³-hybridized carbons (Fsp3) is 0.318. The van der Waals surface area contributed by atoms with E-state index in [9.17, 15) is 23.2 Å². The van der Waals surface area contributed by atoms with Crippen molar-refractivity contribution in [1.82, 2.24) is 10.2 Å². The monoisotopic (exact) mass is 430 g/mol. The summed E-state index contributed by atoms with van der Waals surface area (Å²) < 4.78 is 27.5. The van der Waals surface area contributed by atoms with Crippen molar-refractivity contribution in [3.05, 3.63) is 59.7 Å². The second-order valence-corrected chi connectivity index (χ2v) is 7.48. The van der Waals surface area contributed by atoms with Crippen LogP contribution in [0.1, 0.15) is 30.1 Å². The normalized spacial score (nSPS) is 15.8. The number of piperidine rings is 1. The second kappa shape index (κ2) is 10.0. The zero-order chi connectivity index (χ0) is 22.4. The minimum atomic E-state index is -0.658. The van der Waals surface area contributed by atoms with E-state index in [0.717, 1.165) is 18.9 Å². The highest BCUT2D eigenvalue weighted by Gasteiger charge is 2.26. The van der Waals surface area contributed by atoms with Crippen molar-refractivity contribution >= 4 is 29.2 Å². The molecule has 0 aliphatic carbocycles. The Bertz CT molecular complexity index is 983. The maximum Gasteiger partial charge on any atom is 0.319 e. The zero-order valence-corrected chi connectivity index (χ0v) is 17.1. The average Bonchev–Trinajstić information content (AvgIpc) is 2.73. The van der Waals surface area contributed by atoms with Gasteiger partial charge >= 0.3 is 6.03 Å². The van der Waals surface area contributed by atoms with Crippen molar-refractivity contribution in [3.63, 3.8) is 0 Å². The Labute approximate surface area is 178 Å². The molecule has 164 valence electrons. The smallest absolute Gasteiger partial charge is 0.319 e. The minimum absolute atomic E-state index is 0.00227. The van der Waals surface area contributed by atoms with Crippen LogP contribution in [0.2, 0.25) is 0 Å². The van der Waals surface area contributed by atoms with Gasteiger partial charge in [0.2, 0.25) is 5.91 Å². The van der Waals surface area contributed by atoms with Crippen LogP contribution >= 0.6 is 0 Å². The Balaban J connectivity index is 1.57. The van der Waals surface area contributed by atoms with E-state index in [2.05, 4.69) is 16.0 Å². The van der Waals surface area contributed by atoms with Gasteiger partial charge in [0.05, 0.1) is 5.56 Å². The first-order valence-corrected chi connectivity index (χ1v) is 9.98. The van der Waals surface area contributed by atoms with Crippen molar-refractivity contribution in [1.29, 1.82) is 0 Å². The van der Waals surface area contributed by atoms with Crippen LogP contribution in [-0.4, -0.2) is 42.4 Å². The number of carbonyl (C=O) groups is 3. The van der Waals surface area contributed by atoms with Gasteiger partial charge in [-0.25, -0.2) is 13.6 Å². The molecule has 31 heavy (non-hydrogen) atoms. The summed E-state index contributed by atoms with van der Waals surface area (Å²) in [5.41, 5.74) is 0.581. The molecule has 1 heterocycles. The van der Waals surface area contributed by atoms with Crippen LogP contribution in [-0.2, 0) is 4.79 Å². The van der Waals surface area contributed by atoms with Crippen LogP contribution < -0.4 is 16.0 Å². The summed E-state index contributed by atoms with van der Waals surface area (Å²) in [6.45, 7) is 2.49. The van der Waals surface area contributed by atoms with E-state index in [1.807, 2.05) is 0 Å². The lowest BCUT2D eigenvalue weighted by Gasteiger charge is -2.33. The van der Waals surface area contributed by atoms with Crippen LogP contribution in [0, 0.1) is 17.6 Å². The Morgan fingerprint density at radius 3 is 2.58 bits per heavy atom. The maximum absolute atomic E-state index is 14.2. The lowest BCUT2D eigenvalue weighted by molar-refractivity contribution is -0.114. The number of nitrogens with zero attached hydrogens (tertiary/aromatic N) is 1. The van der Waals surface area contributed by atoms with E-state index >= 15 is 0 Å². The topological polar surface area (TPSA) is 90.5 Å². The third-order valence-corrected chi connectivity index (χ3v) is 4.96. The van der Waals surface area contributed by atoms with E-state index in [1.54, 1.807) is 11.0 Å². The van der Waals surface area contributed by atoms with Gasteiger partial charge in [0.15, 0.2) is 0 Å². The Kier molecular flexibility index (Phi) is 7.17. The van der Waals surface area contributed by atoms with Gasteiger partial charge in [-0.1, -0.05) is 6.07 Å². The molecular formula is C22H24F2N4O3. The van der Waals surface area contributed by atoms with Gasteiger partial charge in [0, 0.05) is 37.9 Å². The van der Waals surface area contributed by atoms with Crippen LogP contribution in [0.5, 0.6) is 0 Å². The quantitative estimate of drug-likeness (QED) is 0.677. The molecule has 0 bridgehead atoms. The minimum Gasteiger partial charge on any atom is -0.338 e. The molecule has 3 N–H and O–H groups in total. The number of benzene rings is 2. The first-order valence-electron chi connectivity index (χ1n) is 9.98. The lowest BCUT2D eigenvalue weighted by atomic mass is 9.97. The number of hydrogen-bond donors (Lipinski definition) is 3. The van der Waals surface area contributed by atoms with Gasteiger partial charge in [0.25, 0.3) is 5.91 Å². The average molecular weight is 430 g/mol. The molecule has 2 aromatic carbocycles. The SMILES string of the molecule is CC(=O)Nc1ccc(F)c(C(=O)N2CCCC(CNC(=O)Nc3cccc(F)c3)C2)c1. The predicted molar refractivity (Wildman–Crippen MR) is 113 cm³/mol. The molecule has 1 saturated heterocycles. The molecule has 2 aromatic rings. The van der Waals surface area contributed by atoms with Crippen molar-refractivity contribution in [2.24, 2.45) is 5.92 Å². The van der Waals surface area contributed by atoms with Gasteiger partial charge in [-0.3, -0.25) is 9.59 Å². The number of halogens is 2. The molecule has 1 fully saturated rings. The molecule has 1 aliphatic rings. The second-order valence-electron chi connectivity index (χ2n) is 7.48. The highest BCUT2D eigenvalue weighted by molar-refractivity contribution is 5.97. The van der Waals surface area contributed by atoms with Crippen molar-refractivity contribution in [3.8, 4) is 0 Å². The molecule has 0 saturated carbocycles. The third kappa shape index (κ3) is 6.24. The highest BCUT2D eigenvalue weighted by atomic mass is 19.1. The fourth-order valence-corrected chi connectivity index (χ4v) is 3.54. The molecule has 0 radical (unpaired) electrons. The molecule has 1 atom stereocenters. The number of carbonyl (C=O) groups excluding carboxylic acids is 3. The summed E-state index contributed by atoms with van der Waals surface area (Å²) in [5.74, 6) is -1.88. The Morgan fingerprint density at radius 1 is 1.06 bits per heavy atom. The zero-order valence-electron chi connectivity index (χ0n) is 17.1. The first kappa shape index (κ1) is 22.2. The highest BCUT2D eigenvalue weighted by Crippen LogP contribution is 2.22. The molecule has 3 rings (SSSR count). The molecule has 0 aromatic heterocycles. The van der Waals surface area contributed by atoms with E-state index in [-0.39, 0.29) is 17.4 Å². The molecular weight excluding hydrogens is 406 g/mol. The van der Waals surface area contributed by atoms with Crippen LogP contribution in [0.25, 0.3) is 0 Å². The summed E-state index contributed by atoms with van der Waals surface area (Å²) >= 11 is 0. The fourth-order valence-electron chi connectivity index (χ4n) is 3.54. The number of amides is 4. The first-order chi connectivity index (χ1) is 14.8. The van der Waals surface area contributed by atoms with E-state index in [4.69, 9.17) is 0 Å². The largest absolute Gasteiger partial charge is 0.338 e. The number of rotatable bonds is 5. The summed E-state index contributed by atoms with van der Waals surface area (Å²) in [6, 6.07) is 8.97. The molecule has 1 aliphatic heterocycles. The number of hydrogen-bond acceptors (Lipinski definition) is 3. The van der Waals surface area contributed by atoms with E-state index in [1.165, 1.54) is 37.3 Å². The number of nitrogens with one attached hydrogen (secondary N) is 3. The Morgan fingerprint density at radius 2 is 1.84 bits per heavy atom. The summed E-state index contributed by atoms with van der Waals surface area (Å²) in [6.07, 6.45) is 1.52. The van der Waals surface area contributed by atoms with E-state index < -0.39 is 23.6 Å². The number of likely N-dealkylation sites (tertiary alicyclic amines) is 1. The van der Waals surface area contributed by atoms with Gasteiger partial charge in [-0.15, -0.1) is 0 Å². The molecule has 9 heteroatoms. The molecule has 0 spiro atoms. The number of anilines is 2. The molecule has 1 unspecified atom stereocenters. The van der Waals surface area contributed by atoms with Crippen LogP contribution in [0.15, 0.2) is 42.5 Å². The molecule has 4 amide bonds. The summed E-state index contributed by atoms with van der Waals surface area (Å²) in [5, 5.41) is 7.83. The van der Waals surface area contributed by atoms with Crippen molar-refractivity contribution in [2.75, 3.05) is 30.3 Å². The van der Waals surface area contributed by atoms with Gasteiger partial charge in [-0.05, 0) is 55.2 Å². The number of urea groups is 1. The van der Waals surface area contributed by atoms with Crippen LogP contribution in [0.4, 0.5) is 25.0 Å². The van der Waals surface area contributed by atoms with Gasteiger partial charge in [-0.2, -0.15) is 0 Å². The Hall–Kier alpha value is -3.49. The van der Waals surface area contributed by atoms with Crippen LogP contribution in [0.3, 0.4) is 0 Å². The third-order valence-electron chi connectivity index (χ3n) is 4.96. The van der Waals surface area contributed by atoms with Crippen molar-refractivity contribution in [2.45, 2.75) is 19.8 Å². The maximum atomic E-state index is 14.2. The molecule has 7 nitrogen and oxygen atoms in total.